The number of halogens is 1. The van der Waals surface area contributed by atoms with Gasteiger partial charge in [0.05, 0.1) is 16.3 Å². The van der Waals surface area contributed by atoms with Crippen LogP contribution in [0, 0.1) is 0 Å². The highest BCUT2D eigenvalue weighted by atomic mass is 35.5. The molecule has 3 aromatic rings. The summed E-state index contributed by atoms with van der Waals surface area (Å²) in [6.07, 6.45) is 1.48. The molecule has 0 aliphatic heterocycles. The van der Waals surface area contributed by atoms with Crippen LogP contribution in [0.1, 0.15) is 17.3 Å². The lowest BCUT2D eigenvalue weighted by Crippen LogP contribution is -2.12. The van der Waals surface area contributed by atoms with Gasteiger partial charge in [0.2, 0.25) is 5.91 Å². The van der Waals surface area contributed by atoms with Crippen molar-refractivity contribution in [3.05, 3.63) is 77.4 Å². The smallest absolute Gasteiger partial charge is 0.257 e. The number of pyridine rings is 1. The van der Waals surface area contributed by atoms with Crippen molar-refractivity contribution in [1.29, 1.82) is 0 Å². The first-order chi connectivity index (χ1) is 13.0. The van der Waals surface area contributed by atoms with E-state index in [1.807, 2.05) is 12.1 Å². The van der Waals surface area contributed by atoms with Crippen molar-refractivity contribution in [2.24, 2.45) is 0 Å². The number of para-hydroxylation sites is 1. The number of aromatic nitrogens is 1. The Hall–Kier alpha value is -3.38. The van der Waals surface area contributed by atoms with Crippen molar-refractivity contribution in [2.75, 3.05) is 16.0 Å². The Morgan fingerprint density at radius 2 is 1.70 bits per heavy atom. The van der Waals surface area contributed by atoms with E-state index >= 15 is 0 Å². The standard InChI is InChI=1S/C20H17ClN4O2/c1-13(26)23-15-5-4-6-16(11-15)24-19-10-9-14(12-22-19)20(27)25-18-8-3-2-7-17(18)21/h2-12H,1H3,(H,22,24)(H,23,26)(H,25,27). The lowest BCUT2D eigenvalue weighted by atomic mass is 10.2. The van der Waals surface area contributed by atoms with Crippen LogP contribution < -0.4 is 16.0 Å². The van der Waals surface area contributed by atoms with E-state index in [9.17, 15) is 9.59 Å². The molecule has 0 unspecified atom stereocenters. The molecular weight excluding hydrogens is 364 g/mol. The van der Waals surface area contributed by atoms with E-state index in [-0.39, 0.29) is 11.8 Å². The maximum Gasteiger partial charge on any atom is 0.257 e. The first-order valence-corrected chi connectivity index (χ1v) is 8.56. The number of amides is 2. The third-order valence-electron chi connectivity index (χ3n) is 3.60. The van der Waals surface area contributed by atoms with Crippen LogP contribution >= 0.6 is 11.6 Å². The molecule has 136 valence electrons. The van der Waals surface area contributed by atoms with Crippen LogP contribution in [-0.4, -0.2) is 16.8 Å². The zero-order chi connectivity index (χ0) is 19.2. The highest BCUT2D eigenvalue weighted by Gasteiger charge is 2.09. The Morgan fingerprint density at radius 3 is 2.41 bits per heavy atom. The van der Waals surface area contributed by atoms with Crippen molar-refractivity contribution in [3.8, 4) is 0 Å². The van der Waals surface area contributed by atoms with Gasteiger partial charge >= 0.3 is 0 Å². The Kier molecular flexibility index (Phi) is 5.68. The maximum absolute atomic E-state index is 12.3. The molecule has 1 heterocycles. The summed E-state index contributed by atoms with van der Waals surface area (Å²) >= 11 is 6.05. The first-order valence-electron chi connectivity index (χ1n) is 8.18. The van der Waals surface area contributed by atoms with Gasteiger partial charge in [-0.2, -0.15) is 0 Å². The molecule has 0 aliphatic carbocycles. The van der Waals surface area contributed by atoms with Crippen molar-refractivity contribution >= 4 is 46.3 Å². The van der Waals surface area contributed by atoms with E-state index in [1.165, 1.54) is 13.1 Å². The lowest BCUT2D eigenvalue weighted by molar-refractivity contribution is -0.114. The SMILES string of the molecule is CC(=O)Nc1cccc(Nc2ccc(C(=O)Nc3ccccc3Cl)cn2)c1. The quantitative estimate of drug-likeness (QED) is 0.599. The summed E-state index contributed by atoms with van der Waals surface area (Å²) < 4.78 is 0. The molecule has 0 saturated carbocycles. The summed E-state index contributed by atoms with van der Waals surface area (Å²) in [7, 11) is 0. The molecule has 0 bridgehead atoms. The molecule has 0 radical (unpaired) electrons. The molecule has 27 heavy (non-hydrogen) atoms. The normalized spacial score (nSPS) is 10.1. The summed E-state index contributed by atoms with van der Waals surface area (Å²) in [6, 6.07) is 17.6. The van der Waals surface area contributed by atoms with Crippen LogP contribution in [0.25, 0.3) is 0 Å². The zero-order valence-electron chi connectivity index (χ0n) is 14.5. The molecule has 0 fully saturated rings. The number of hydrogen-bond donors (Lipinski definition) is 3. The molecule has 2 amide bonds. The van der Waals surface area contributed by atoms with Gasteiger partial charge < -0.3 is 16.0 Å². The molecule has 7 heteroatoms. The zero-order valence-corrected chi connectivity index (χ0v) is 15.2. The van der Waals surface area contributed by atoms with E-state index in [4.69, 9.17) is 11.6 Å². The Balaban J connectivity index is 1.67. The minimum absolute atomic E-state index is 0.140. The van der Waals surface area contributed by atoms with Gasteiger partial charge in [-0.3, -0.25) is 9.59 Å². The second kappa shape index (κ2) is 8.33. The number of benzene rings is 2. The Labute approximate surface area is 161 Å². The monoisotopic (exact) mass is 380 g/mol. The third-order valence-corrected chi connectivity index (χ3v) is 3.93. The van der Waals surface area contributed by atoms with Crippen LogP contribution in [0.15, 0.2) is 66.9 Å². The van der Waals surface area contributed by atoms with Crippen LogP contribution in [0.2, 0.25) is 5.02 Å². The number of anilines is 4. The second-order valence-electron chi connectivity index (χ2n) is 5.75. The van der Waals surface area contributed by atoms with Gasteiger partial charge in [-0.25, -0.2) is 4.98 Å². The predicted octanol–water partition coefficient (Wildman–Crippen LogP) is 4.69. The average Bonchev–Trinajstić information content (AvgIpc) is 2.64. The number of nitrogens with zero attached hydrogens (tertiary/aromatic N) is 1. The molecule has 0 saturated heterocycles. The average molecular weight is 381 g/mol. The van der Waals surface area contributed by atoms with Crippen LogP contribution in [0.5, 0.6) is 0 Å². The molecule has 2 aromatic carbocycles. The van der Waals surface area contributed by atoms with Gasteiger partial charge in [-0.15, -0.1) is 0 Å². The third kappa shape index (κ3) is 5.05. The van der Waals surface area contributed by atoms with Crippen molar-refractivity contribution < 1.29 is 9.59 Å². The Morgan fingerprint density at radius 1 is 0.926 bits per heavy atom. The fourth-order valence-corrected chi connectivity index (χ4v) is 2.57. The maximum atomic E-state index is 12.3. The van der Waals surface area contributed by atoms with Crippen LogP contribution in [0.3, 0.4) is 0 Å². The van der Waals surface area contributed by atoms with Crippen LogP contribution in [-0.2, 0) is 4.79 Å². The molecule has 0 atom stereocenters. The van der Waals surface area contributed by atoms with Gasteiger partial charge in [0.1, 0.15) is 5.82 Å². The van der Waals surface area contributed by atoms with Gasteiger partial charge in [0, 0.05) is 24.5 Å². The van der Waals surface area contributed by atoms with E-state index in [0.717, 1.165) is 5.69 Å². The van der Waals surface area contributed by atoms with Crippen molar-refractivity contribution in [3.63, 3.8) is 0 Å². The lowest BCUT2D eigenvalue weighted by Gasteiger charge is -2.09. The highest BCUT2D eigenvalue weighted by Crippen LogP contribution is 2.22. The summed E-state index contributed by atoms with van der Waals surface area (Å²) in [5.41, 5.74) is 2.40. The van der Waals surface area contributed by atoms with E-state index < -0.39 is 0 Å². The number of carbonyl (C=O) groups excluding carboxylic acids is 2. The fourth-order valence-electron chi connectivity index (χ4n) is 2.39. The highest BCUT2D eigenvalue weighted by molar-refractivity contribution is 6.33. The summed E-state index contributed by atoms with van der Waals surface area (Å²) in [4.78, 5) is 27.7. The predicted molar refractivity (Wildman–Crippen MR) is 108 cm³/mol. The van der Waals surface area contributed by atoms with E-state index in [2.05, 4.69) is 20.9 Å². The Bertz CT molecular complexity index is 974. The number of rotatable bonds is 5. The summed E-state index contributed by atoms with van der Waals surface area (Å²) in [5.74, 6) is 0.137. The molecule has 1 aromatic heterocycles. The minimum atomic E-state index is -0.296. The molecule has 3 N–H and O–H groups in total. The van der Waals surface area contributed by atoms with Crippen molar-refractivity contribution in [1.82, 2.24) is 4.98 Å². The van der Waals surface area contributed by atoms with Gasteiger partial charge in [-0.05, 0) is 42.5 Å². The number of carbonyl (C=O) groups is 2. The van der Waals surface area contributed by atoms with Gasteiger partial charge in [0.25, 0.3) is 5.91 Å². The molecule has 6 nitrogen and oxygen atoms in total. The van der Waals surface area contributed by atoms with Gasteiger partial charge in [0.15, 0.2) is 0 Å². The fraction of sp³-hybridized carbons (Fsp3) is 0.0500. The summed E-state index contributed by atoms with van der Waals surface area (Å²) in [5, 5.41) is 9.07. The van der Waals surface area contributed by atoms with Crippen molar-refractivity contribution in [2.45, 2.75) is 6.92 Å². The first kappa shape index (κ1) is 18.4. The van der Waals surface area contributed by atoms with E-state index in [0.29, 0.717) is 27.8 Å². The molecule has 0 spiro atoms. The minimum Gasteiger partial charge on any atom is -0.340 e. The largest absolute Gasteiger partial charge is 0.340 e. The molecule has 0 aliphatic rings. The van der Waals surface area contributed by atoms with Gasteiger partial charge in [-0.1, -0.05) is 29.8 Å². The number of hydrogen-bond acceptors (Lipinski definition) is 4. The second-order valence-corrected chi connectivity index (χ2v) is 6.16. The molecule has 3 rings (SSSR count). The summed E-state index contributed by atoms with van der Waals surface area (Å²) in [6.45, 7) is 1.45. The molecular formula is C20H17ClN4O2. The number of nitrogens with one attached hydrogen (secondary N) is 3. The van der Waals surface area contributed by atoms with E-state index in [1.54, 1.807) is 48.5 Å². The van der Waals surface area contributed by atoms with Crippen LogP contribution in [0.4, 0.5) is 22.9 Å². The topological polar surface area (TPSA) is 83.1 Å².